The van der Waals surface area contributed by atoms with Gasteiger partial charge < -0.3 is 5.32 Å². The van der Waals surface area contributed by atoms with E-state index in [1.54, 1.807) is 5.32 Å². The predicted molar refractivity (Wildman–Crippen MR) is 28.0 cm³/mol. The molecule has 0 rings (SSSR count). The van der Waals surface area contributed by atoms with E-state index in [1.807, 2.05) is 0 Å². The molecule has 0 aliphatic rings. The van der Waals surface area contributed by atoms with Crippen LogP contribution in [-0.2, 0) is 0 Å². The Morgan fingerprint density at radius 1 is 1.78 bits per heavy atom. The lowest BCUT2D eigenvalue weighted by Gasteiger charge is -1.95. The summed E-state index contributed by atoms with van der Waals surface area (Å²) in [4.78, 5) is 0. The van der Waals surface area contributed by atoms with Crippen molar-refractivity contribution in [3.63, 3.8) is 0 Å². The van der Waals surface area contributed by atoms with Crippen molar-refractivity contribution in [1.29, 1.82) is 5.53 Å². The Labute approximate surface area is 51.3 Å². The first kappa shape index (κ1) is 8.00. The van der Waals surface area contributed by atoms with E-state index in [2.05, 4.69) is 5.11 Å². The van der Waals surface area contributed by atoms with Crippen molar-refractivity contribution in [2.24, 2.45) is 5.11 Å². The molecule has 0 bridgehead atoms. The first-order valence-electron chi connectivity index (χ1n) is 2.25. The highest BCUT2D eigenvalue weighted by molar-refractivity contribution is 4.91. The van der Waals surface area contributed by atoms with Gasteiger partial charge in [-0.15, -0.1) is 0 Å². The average Bonchev–Trinajstić information content (AvgIpc) is 1.83. The maximum Gasteiger partial charge on any atom is 0.312 e. The number of nitrogens with one attached hydrogen (secondary N) is 2. The minimum atomic E-state index is -2.58. The van der Waals surface area contributed by atoms with Gasteiger partial charge in [0.1, 0.15) is 0 Å². The van der Waals surface area contributed by atoms with Gasteiger partial charge in [0.05, 0.1) is 5.70 Å². The molecule has 0 unspecified atom stereocenters. The number of alkyl halides is 2. The number of hydrogen-bond acceptors (Lipinski definition) is 3. The Morgan fingerprint density at radius 3 is 2.67 bits per heavy atom. The normalized spacial score (nSPS) is 11.8. The molecule has 9 heavy (non-hydrogen) atoms. The van der Waals surface area contributed by atoms with E-state index in [9.17, 15) is 8.78 Å². The lowest BCUT2D eigenvalue weighted by atomic mass is 10.6. The lowest BCUT2D eigenvalue weighted by molar-refractivity contribution is 0.125. The standard InChI is InChI=1S/C4H7F2N3/c1-3(9-7)2-8-4(5)6/h2,4,7-8H,1H3/b3-2-,9-7?. The molecule has 0 aromatic heterocycles. The smallest absolute Gasteiger partial charge is 0.312 e. The van der Waals surface area contributed by atoms with E-state index in [0.29, 0.717) is 0 Å². The van der Waals surface area contributed by atoms with Crippen molar-refractivity contribution >= 4 is 0 Å². The summed E-state index contributed by atoms with van der Waals surface area (Å²) in [5, 5.41) is 4.56. The van der Waals surface area contributed by atoms with Crippen molar-refractivity contribution in [2.45, 2.75) is 13.5 Å². The fourth-order valence-electron chi connectivity index (χ4n) is 0.216. The molecule has 0 spiro atoms. The van der Waals surface area contributed by atoms with Gasteiger partial charge in [0.15, 0.2) is 0 Å². The minimum absolute atomic E-state index is 0.218. The Kier molecular flexibility index (Phi) is 3.50. The molecule has 3 nitrogen and oxygen atoms in total. The van der Waals surface area contributed by atoms with Crippen molar-refractivity contribution in [1.82, 2.24) is 5.32 Å². The molecule has 0 aliphatic carbocycles. The van der Waals surface area contributed by atoms with Crippen LogP contribution >= 0.6 is 0 Å². The zero-order valence-electron chi connectivity index (χ0n) is 4.86. The maximum atomic E-state index is 11.3. The molecule has 0 radical (unpaired) electrons. The summed E-state index contributed by atoms with van der Waals surface area (Å²) in [6, 6.07) is 0. The van der Waals surface area contributed by atoms with Gasteiger partial charge in [-0.05, 0) is 6.92 Å². The van der Waals surface area contributed by atoms with Gasteiger partial charge in [-0.1, -0.05) is 0 Å². The van der Waals surface area contributed by atoms with Crippen molar-refractivity contribution in [2.75, 3.05) is 0 Å². The van der Waals surface area contributed by atoms with Gasteiger partial charge in [-0.3, -0.25) is 0 Å². The van der Waals surface area contributed by atoms with Gasteiger partial charge in [-0.25, -0.2) is 5.53 Å². The highest BCUT2D eigenvalue weighted by atomic mass is 19.3. The van der Waals surface area contributed by atoms with E-state index < -0.39 is 6.55 Å². The molecule has 0 amide bonds. The summed E-state index contributed by atoms with van der Waals surface area (Å²) in [7, 11) is 0. The van der Waals surface area contributed by atoms with Crippen molar-refractivity contribution in [3.8, 4) is 0 Å². The average molecular weight is 135 g/mol. The van der Waals surface area contributed by atoms with Crippen LogP contribution in [0.25, 0.3) is 0 Å². The third-order valence-corrected chi connectivity index (χ3v) is 0.595. The number of nitrogens with zero attached hydrogens (tertiary/aromatic N) is 1. The zero-order valence-corrected chi connectivity index (χ0v) is 4.86. The number of rotatable bonds is 3. The van der Waals surface area contributed by atoms with Gasteiger partial charge in [0.25, 0.3) is 0 Å². The van der Waals surface area contributed by atoms with Crippen LogP contribution < -0.4 is 5.32 Å². The zero-order chi connectivity index (χ0) is 7.28. The van der Waals surface area contributed by atoms with Gasteiger partial charge in [0.2, 0.25) is 0 Å². The number of halogens is 2. The molecule has 5 heteroatoms. The Morgan fingerprint density at radius 2 is 2.33 bits per heavy atom. The summed E-state index contributed by atoms with van der Waals surface area (Å²) < 4.78 is 22.5. The summed E-state index contributed by atoms with van der Waals surface area (Å²) in [6.07, 6.45) is 0.984. The van der Waals surface area contributed by atoms with Crippen molar-refractivity contribution in [3.05, 3.63) is 11.9 Å². The van der Waals surface area contributed by atoms with E-state index >= 15 is 0 Å². The monoisotopic (exact) mass is 135 g/mol. The second kappa shape index (κ2) is 3.94. The van der Waals surface area contributed by atoms with Gasteiger partial charge in [-0.2, -0.15) is 13.9 Å². The summed E-state index contributed by atoms with van der Waals surface area (Å²) in [6.45, 7) is -1.13. The molecular formula is C4H7F2N3. The fraction of sp³-hybridized carbons (Fsp3) is 0.500. The van der Waals surface area contributed by atoms with Crippen LogP contribution in [0.3, 0.4) is 0 Å². The number of hydrogen-bond donors (Lipinski definition) is 2. The minimum Gasteiger partial charge on any atom is -0.334 e. The predicted octanol–water partition coefficient (Wildman–Crippen LogP) is 1.69. The quantitative estimate of drug-likeness (QED) is 0.449. The Balaban J connectivity index is 3.56. The van der Waals surface area contributed by atoms with Crippen LogP contribution in [0.15, 0.2) is 17.0 Å². The number of allylic oxidation sites excluding steroid dienone is 1. The largest absolute Gasteiger partial charge is 0.334 e. The molecule has 0 heterocycles. The molecule has 0 aromatic rings. The molecule has 0 saturated heterocycles. The highest BCUT2D eigenvalue weighted by Crippen LogP contribution is 1.92. The van der Waals surface area contributed by atoms with Crippen LogP contribution in [0.4, 0.5) is 8.78 Å². The molecular weight excluding hydrogens is 128 g/mol. The van der Waals surface area contributed by atoms with E-state index in [1.165, 1.54) is 6.92 Å². The van der Waals surface area contributed by atoms with Crippen molar-refractivity contribution < 1.29 is 8.78 Å². The van der Waals surface area contributed by atoms with E-state index in [-0.39, 0.29) is 5.70 Å². The second-order valence-corrected chi connectivity index (χ2v) is 1.36. The molecule has 0 fully saturated rings. The molecule has 0 atom stereocenters. The molecule has 0 aromatic carbocycles. The Bertz CT molecular complexity index is 121. The summed E-state index contributed by atoms with van der Waals surface area (Å²) in [5.74, 6) is 0. The third-order valence-electron chi connectivity index (χ3n) is 0.595. The first-order valence-corrected chi connectivity index (χ1v) is 2.25. The molecule has 52 valence electrons. The molecule has 0 aliphatic heterocycles. The SMILES string of the molecule is C/C(=C/NC(F)F)N=N. The second-order valence-electron chi connectivity index (χ2n) is 1.36. The van der Waals surface area contributed by atoms with Crippen LogP contribution in [0, 0.1) is 5.53 Å². The van der Waals surface area contributed by atoms with E-state index in [0.717, 1.165) is 6.20 Å². The van der Waals surface area contributed by atoms with Gasteiger partial charge in [0, 0.05) is 6.20 Å². The highest BCUT2D eigenvalue weighted by Gasteiger charge is 1.93. The Hall–Kier alpha value is -1.00. The van der Waals surface area contributed by atoms with Crippen LogP contribution in [0.1, 0.15) is 6.92 Å². The maximum absolute atomic E-state index is 11.3. The van der Waals surface area contributed by atoms with Crippen LogP contribution in [-0.4, -0.2) is 6.55 Å². The lowest BCUT2D eigenvalue weighted by Crippen LogP contribution is -2.12. The van der Waals surface area contributed by atoms with Crippen LogP contribution in [0.5, 0.6) is 0 Å². The van der Waals surface area contributed by atoms with E-state index in [4.69, 9.17) is 5.53 Å². The van der Waals surface area contributed by atoms with Crippen LogP contribution in [0.2, 0.25) is 0 Å². The molecule has 0 saturated carbocycles. The topological polar surface area (TPSA) is 48.2 Å². The summed E-state index contributed by atoms with van der Waals surface area (Å²) >= 11 is 0. The third kappa shape index (κ3) is 4.86. The molecule has 2 N–H and O–H groups in total. The summed E-state index contributed by atoms with van der Waals surface area (Å²) in [5.41, 5.74) is 6.54. The fourth-order valence-corrected chi connectivity index (χ4v) is 0.216. The van der Waals surface area contributed by atoms with Gasteiger partial charge >= 0.3 is 6.55 Å². The first-order chi connectivity index (χ1) is 4.16.